The highest BCUT2D eigenvalue weighted by atomic mass is 32.1. The van der Waals surface area contributed by atoms with Gasteiger partial charge in [0.2, 0.25) is 5.91 Å². The summed E-state index contributed by atoms with van der Waals surface area (Å²) in [5, 5.41) is 5.20. The first-order valence-corrected chi connectivity index (χ1v) is 8.51. The predicted molar refractivity (Wildman–Crippen MR) is 97.1 cm³/mol. The van der Waals surface area contributed by atoms with Gasteiger partial charge in [-0.1, -0.05) is 12.1 Å². The summed E-state index contributed by atoms with van der Waals surface area (Å²) in [4.78, 5) is 39.4. The molecule has 25 heavy (non-hydrogen) atoms. The minimum atomic E-state index is -0.594. The van der Waals surface area contributed by atoms with E-state index in [0.29, 0.717) is 5.69 Å². The fourth-order valence-electron chi connectivity index (χ4n) is 2.46. The third kappa shape index (κ3) is 3.95. The Morgan fingerprint density at radius 2 is 2.04 bits per heavy atom. The molecule has 128 valence electrons. The molecule has 2 aromatic rings. The zero-order valence-corrected chi connectivity index (χ0v) is 14.6. The Bertz CT molecular complexity index is 885. The molecule has 1 aliphatic rings. The molecule has 1 aromatic heterocycles. The molecule has 0 aliphatic carbocycles. The van der Waals surface area contributed by atoms with Crippen LogP contribution in [0.15, 0.2) is 42.1 Å². The Morgan fingerprint density at radius 3 is 2.72 bits per heavy atom. The predicted octanol–water partition coefficient (Wildman–Crippen LogP) is 2.90. The van der Waals surface area contributed by atoms with Crippen LogP contribution in [0.3, 0.4) is 0 Å². The van der Waals surface area contributed by atoms with Gasteiger partial charge < -0.3 is 10.6 Å². The van der Waals surface area contributed by atoms with E-state index in [4.69, 9.17) is 0 Å². The molecule has 1 aromatic carbocycles. The first-order chi connectivity index (χ1) is 11.9. The molecule has 0 atom stereocenters. The van der Waals surface area contributed by atoms with Gasteiger partial charge in [0.1, 0.15) is 12.2 Å². The summed E-state index contributed by atoms with van der Waals surface area (Å²) in [6, 6.07) is 10.5. The number of rotatable bonds is 4. The minimum Gasteiger partial charge on any atom is -0.325 e. The van der Waals surface area contributed by atoms with Crippen LogP contribution >= 0.6 is 11.3 Å². The molecule has 4 amide bonds. The summed E-state index contributed by atoms with van der Waals surface area (Å²) in [5.74, 6) is -0.933. The lowest BCUT2D eigenvalue weighted by atomic mass is 10.2. The number of hydrogen-bond acceptors (Lipinski definition) is 4. The summed E-state index contributed by atoms with van der Waals surface area (Å²) >= 11 is 1.52. The number of imide groups is 1. The molecule has 2 N–H and O–H groups in total. The van der Waals surface area contributed by atoms with E-state index in [1.165, 1.54) is 11.3 Å². The van der Waals surface area contributed by atoms with Gasteiger partial charge in [0.25, 0.3) is 5.91 Å². The van der Waals surface area contributed by atoms with Crippen LogP contribution in [-0.4, -0.2) is 29.3 Å². The Hall–Kier alpha value is -2.93. The van der Waals surface area contributed by atoms with Gasteiger partial charge in [0, 0.05) is 15.4 Å². The number of nitrogens with one attached hydrogen (secondary N) is 2. The Morgan fingerprint density at radius 1 is 1.24 bits per heavy atom. The SMILES string of the molecule is Cc1cccc(NC(=O)CN2C(=O)N/C(=C/c3ccc(C)s3)C2=O)c1. The van der Waals surface area contributed by atoms with Crippen LogP contribution in [0.4, 0.5) is 10.5 Å². The van der Waals surface area contributed by atoms with E-state index in [2.05, 4.69) is 10.6 Å². The molecule has 3 rings (SSSR count). The van der Waals surface area contributed by atoms with Crippen LogP contribution in [0.25, 0.3) is 6.08 Å². The number of aryl methyl sites for hydroxylation is 2. The lowest BCUT2D eigenvalue weighted by Crippen LogP contribution is -2.38. The molecule has 1 saturated heterocycles. The lowest BCUT2D eigenvalue weighted by molar-refractivity contribution is -0.127. The monoisotopic (exact) mass is 355 g/mol. The molecule has 0 spiro atoms. The second-order valence-electron chi connectivity index (χ2n) is 5.75. The molecule has 1 aliphatic heterocycles. The van der Waals surface area contributed by atoms with E-state index in [-0.39, 0.29) is 12.2 Å². The van der Waals surface area contributed by atoms with Crippen LogP contribution in [0, 0.1) is 13.8 Å². The summed E-state index contributed by atoms with van der Waals surface area (Å²) in [7, 11) is 0. The second kappa shape index (κ2) is 6.90. The van der Waals surface area contributed by atoms with Crippen molar-refractivity contribution in [2.75, 3.05) is 11.9 Å². The average molecular weight is 355 g/mol. The molecule has 0 unspecified atom stereocenters. The molecule has 6 nitrogen and oxygen atoms in total. The highest BCUT2D eigenvalue weighted by Gasteiger charge is 2.34. The standard InChI is InChI=1S/C18H17N3O3S/c1-11-4-3-5-13(8-11)19-16(22)10-21-17(23)15(20-18(21)24)9-14-7-6-12(2)25-14/h3-9H,10H2,1-2H3,(H,19,22)(H,20,24)/b15-9+. The Balaban J connectivity index is 1.68. The molecule has 1 fully saturated rings. The first kappa shape index (κ1) is 16.9. The Labute approximate surface area is 149 Å². The van der Waals surface area contributed by atoms with E-state index in [0.717, 1.165) is 20.2 Å². The number of anilines is 1. The molecular weight excluding hydrogens is 338 g/mol. The van der Waals surface area contributed by atoms with Gasteiger partial charge in [0.05, 0.1) is 0 Å². The van der Waals surface area contributed by atoms with E-state index in [1.807, 2.05) is 44.2 Å². The quantitative estimate of drug-likeness (QED) is 0.654. The number of carbonyl (C=O) groups is 3. The van der Waals surface area contributed by atoms with Gasteiger partial charge in [-0.25, -0.2) is 9.69 Å². The maximum absolute atomic E-state index is 12.4. The number of carbonyl (C=O) groups excluding carboxylic acids is 3. The Kier molecular flexibility index (Phi) is 4.67. The smallest absolute Gasteiger partial charge is 0.325 e. The molecule has 7 heteroatoms. The van der Waals surface area contributed by atoms with Crippen molar-refractivity contribution in [3.8, 4) is 0 Å². The zero-order chi connectivity index (χ0) is 18.0. The van der Waals surface area contributed by atoms with Crippen molar-refractivity contribution in [2.45, 2.75) is 13.8 Å². The van der Waals surface area contributed by atoms with Crippen LogP contribution in [0.2, 0.25) is 0 Å². The minimum absolute atomic E-state index is 0.176. The van der Waals surface area contributed by atoms with Crippen molar-refractivity contribution in [2.24, 2.45) is 0 Å². The number of amides is 4. The number of urea groups is 1. The van der Waals surface area contributed by atoms with Gasteiger partial charge in [-0.05, 0) is 49.8 Å². The van der Waals surface area contributed by atoms with E-state index in [9.17, 15) is 14.4 Å². The number of benzene rings is 1. The average Bonchev–Trinajstić information content (AvgIpc) is 3.06. The highest BCUT2D eigenvalue weighted by Crippen LogP contribution is 2.20. The van der Waals surface area contributed by atoms with Crippen molar-refractivity contribution in [1.82, 2.24) is 10.2 Å². The van der Waals surface area contributed by atoms with Crippen molar-refractivity contribution >= 4 is 40.9 Å². The van der Waals surface area contributed by atoms with Crippen LogP contribution in [0.5, 0.6) is 0 Å². The fourth-order valence-corrected chi connectivity index (χ4v) is 3.28. The molecule has 2 heterocycles. The molecular formula is C18H17N3O3S. The van der Waals surface area contributed by atoms with Crippen molar-refractivity contribution in [3.63, 3.8) is 0 Å². The largest absolute Gasteiger partial charge is 0.329 e. The summed E-state index contributed by atoms with van der Waals surface area (Å²) in [6.07, 6.45) is 1.62. The lowest BCUT2D eigenvalue weighted by Gasteiger charge is -2.12. The van der Waals surface area contributed by atoms with Gasteiger partial charge in [-0.15, -0.1) is 11.3 Å². The van der Waals surface area contributed by atoms with Gasteiger partial charge >= 0.3 is 6.03 Å². The first-order valence-electron chi connectivity index (χ1n) is 7.70. The van der Waals surface area contributed by atoms with Crippen molar-refractivity contribution < 1.29 is 14.4 Å². The summed E-state index contributed by atoms with van der Waals surface area (Å²) in [5.41, 5.74) is 1.81. The third-order valence-corrected chi connectivity index (χ3v) is 4.56. The number of thiophene rings is 1. The highest BCUT2D eigenvalue weighted by molar-refractivity contribution is 7.12. The second-order valence-corrected chi connectivity index (χ2v) is 7.07. The van der Waals surface area contributed by atoms with E-state index < -0.39 is 17.8 Å². The van der Waals surface area contributed by atoms with Crippen LogP contribution in [0.1, 0.15) is 15.3 Å². The maximum Gasteiger partial charge on any atom is 0.329 e. The molecule has 0 bridgehead atoms. The maximum atomic E-state index is 12.4. The molecule has 0 saturated carbocycles. The van der Waals surface area contributed by atoms with E-state index in [1.54, 1.807) is 12.1 Å². The van der Waals surface area contributed by atoms with Gasteiger partial charge in [0.15, 0.2) is 0 Å². The van der Waals surface area contributed by atoms with E-state index >= 15 is 0 Å². The summed E-state index contributed by atoms with van der Waals surface area (Å²) in [6.45, 7) is 3.54. The fraction of sp³-hybridized carbons (Fsp3) is 0.167. The van der Waals surface area contributed by atoms with Crippen molar-refractivity contribution in [1.29, 1.82) is 0 Å². The summed E-state index contributed by atoms with van der Waals surface area (Å²) < 4.78 is 0. The van der Waals surface area contributed by atoms with Crippen LogP contribution in [-0.2, 0) is 9.59 Å². The topological polar surface area (TPSA) is 78.5 Å². The number of hydrogen-bond donors (Lipinski definition) is 2. The third-order valence-electron chi connectivity index (χ3n) is 3.61. The van der Waals surface area contributed by atoms with Gasteiger partial charge in [-0.2, -0.15) is 0 Å². The van der Waals surface area contributed by atoms with Gasteiger partial charge in [-0.3, -0.25) is 9.59 Å². The van der Waals surface area contributed by atoms with Crippen LogP contribution < -0.4 is 10.6 Å². The van der Waals surface area contributed by atoms with Crippen molar-refractivity contribution in [3.05, 3.63) is 57.4 Å². The number of nitrogens with zero attached hydrogens (tertiary/aromatic N) is 1. The zero-order valence-electron chi connectivity index (χ0n) is 13.8. The normalized spacial score (nSPS) is 15.6. The molecule has 0 radical (unpaired) electrons.